The largest absolute Gasteiger partial charge is 0.480 e. The van der Waals surface area contributed by atoms with Crippen LogP contribution < -0.4 is 10.6 Å². The highest BCUT2D eigenvalue weighted by molar-refractivity contribution is 5.91. The van der Waals surface area contributed by atoms with Crippen LogP contribution in [0.25, 0.3) is 0 Å². The average molecular weight is 268 g/mol. The van der Waals surface area contributed by atoms with Gasteiger partial charge in [-0.1, -0.05) is 6.92 Å². The third-order valence-corrected chi connectivity index (χ3v) is 2.42. The average Bonchev–Trinajstić information content (AvgIpc) is 2.89. The molecule has 0 spiro atoms. The maximum atomic E-state index is 11.4. The number of amides is 2. The van der Waals surface area contributed by atoms with Gasteiger partial charge >= 0.3 is 5.97 Å². The zero-order valence-electron chi connectivity index (χ0n) is 10.5. The van der Waals surface area contributed by atoms with Crippen LogP contribution >= 0.6 is 0 Å². The lowest BCUT2D eigenvalue weighted by atomic mass is 10.2. The minimum Gasteiger partial charge on any atom is -0.480 e. The summed E-state index contributed by atoms with van der Waals surface area (Å²) in [6, 6.07) is 2.20. The van der Waals surface area contributed by atoms with Crippen LogP contribution in [0.1, 0.15) is 30.3 Å². The van der Waals surface area contributed by atoms with E-state index < -0.39 is 23.8 Å². The van der Waals surface area contributed by atoms with Gasteiger partial charge in [-0.25, -0.2) is 4.79 Å². The van der Waals surface area contributed by atoms with E-state index in [1.165, 1.54) is 12.3 Å². The number of hydrogen-bond acceptors (Lipinski definition) is 4. The number of aliphatic carboxylic acids is 1. The van der Waals surface area contributed by atoms with Crippen LogP contribution in [0.4, 0.5) is 0 Å². The number of carboxylic acids is 1. The molecule has 0 aliphatic rings. The van der Waals surface area contributed by atoms with Gasteiger partial charge in [-0.05, 0) is 18.6 Å². The highest BCUT2D eigenvalue weighted by Gasteiger charge is 2.17. The number of hydrogen-bond donors (Lipinski definition) is 3. The van der Waals surface area contributed by atoms with Gasteiger partial charge in [0.1, 0.15) is 6.04 Å². The molecule has 0 unspecified atom stereocenters. The molecule has 7 heteroatoms. The molecule has 104 valence electrons. The van der Waals surface area contributed by atoms with Crippen molar-refractivity contribution in [3.63, 3.8) is 0 Å². The molecule has 0 saturated carbocycles. The molecule has 0 aliphatic carbocycles. The smallest absolute Gasteiger partial charge is 0.326 e. The highest BCUT2D eigenvalue weighted by atomic mass is 16.4. The van der Waals surface area contributed by atoms with E-state index in [2.05, 4.69) is 10.6 Å². The third-order valence-electron chi connectivity index (χ3n) is 2.42. The maximum Gasteiger partial charge on any atom is 0.326 e. The Morgan fingerprint density at radius 2 is 2.16 bits per heavy atom. The van der Waals surface area contributed by atoms with Gasteiger partial charge in [0, 0.05) is 13.0 Å². The number of carbonyl (C=O) groups excluding carboxylic acids is 2. The first-order valence-electron chi connectivity index (χ1n) is 5.88. The molecular formula is C12H16N2O5. The van der Waals surface area contributed by atoms with Crippen LogP contribution in [-0.2, 0) is 9.59 Å². The zero-order valence-corrected chi connectivity index (χ0v) is 10.5. The lowest BCUT2D eigenvalue weighted by molar-refractivity contribution is -0.141. The molecule has 3 N–H and O–H groups in total. The van der Waals surface area contributed by atoms with Crippen molar-refractivity contribution in [2.75, 3.05) is 6.54 Å². The first kappa shape index (κ1) is 14.7. The molecule has 0 aliphatic heterocycles. The molecular weight excluding hydrogens is 252 g/mol. The number of rotatable bonds is 7. The summed E-state index contributed by atoms with van der Waals surface area (Å²) in [7, 11) is 0. The third kappa shape index (κ3) is 4.82. The monoisotopic (exact) mass is 268 g/mol. The van der Waals surface area contributed by atoms with Crippen LogP contribution in [-0.4, -0.2) is 35.5 Å². The van der Waals surface area contributed by atoms with Crippen molar-refractivity contribution in [1.29, 1.82) is 0 Å². The molecule has 1 atom stereocenters. The SMILES string of the molecule is CC[C@@H](NC(=O)CCNC(=O)c1ccco1)C(=O)O. The Bertz CT molecular complexity index is 441. The van der Waals surface area contributed by atoms with Crippen LogP contribution in [0.5, 0.6) is 0 Å². The number of nitrogens with one attached hydrogen (secondary N) is 2. The summed E-state index contributed by atoms with van der Waals surface area (Å²) in [6.07, 6.45) is 1.69. The molecule has 1 heterocycles. The number of carbonyl (C=O) groups is 3. The van der Waals surface area contributed by atoms with E-state index in [0.717, 1.165) is 0 Å². The summed E-state index contributed by atoms with van der Waals surface area (Å²) in [4.78, 5) is 33.6. The van der Waals surface area contributed by atoms with Crippen molar-refractivity contribution in [1.82, 2.24) is 10.6 Å². The fraction of sp³-hybridized carbons (Fsp3) is 0.417. The van der Waals surface area contributed by atoms with Crippen molar-refractivity contribution < 1.29 is 23.9 Å². The van der Waals surface area contributed by atoms with Crippen molar-refractivity contribution in [3.05, 3.63) is 24.2 Å². The molecule has 7 nitrogen and oxygen atoms in total. The Labute approximate surface area is 110 Å². The molecule has 1 aromatic heterocycles. The van der Waals surface area contributed by atoms with Gasteiger partial charge in [-0.2, -0.15) is 0 Å². The fourth-order valence-corrected chi connectivity index (χ4v) is 1.39. The molecule has 0 fully saturated rings. The highest BCUT2D eigenvalue weighted by Crippen LogP contribution is 1.99. The lowest BCUT2D eigenvalue weighted by Crippen LogP contribution is -2.41. The van der Waals surface area contributed by atoms with Crippen LogP contribution in [0.15, 0.2) is 22.8 Å². The van der Waals surface area contributed by atoms with E-state index in [9.17, 15) is 14.4 Å². The van der Waals surface area contributed by atoms with Crippen molar-refractivity contribution in [2.45, 2.75) is 25.8 Å². The van der Waals surface area contributed by atoms with E-state index in [1.807, 2.05) is 0 Å². The molecule has 2 amide bonds. The van der Waals surface area contributed by atoms with Crippen LogP contribution in [0, 0.1) is 0 Å². The molecule has 0 saturated heterocycles. The first-order valence-corrected chi connectivity index (χ1v) is 5.88. The second-order valence-corrected chi connectivity index (χ2v) is 3.85. The van der Waals surface area contributed by atoms with Gasteiger partial charge in [-0.15, -0.1) is 0 Å². The van der Waals surface area contributed by atoms with E-state index in [-0.39, 0.29) is 18.7 Å². The fourth-order valence-electron chi connectivity index (χ4n) is 1.39. The minimum absolute atomic E-state index is 0.0101. The first-order chi connectivity index (χ1) is 9.04. The van der Waals surface area contributed by atoms with Gasteiger partial charge in [0.2, 0.25) is 5.91 Å². The van der Waals surface area contributed by atoms with Gasteiger partial charge in [0.25, 0.3) is 5.91 Å². The zero-order chi connectivity index (χ0) is 14.3. The summed E-state index contributed by atoms with van der Waals surface area (Å²) in [5.41, 5.74) is 0. The Balaban J connectivity index is 2.27. The minimum atomic E-state index is -1.07. The van der Waals surface area contributed by atoms with Gasteiger partial charge in [0.15, 0.2) is 5.76 Å². The van der Waals surface area contributed by atoms with Crippen LogP contribution in [0.3, 0.4) is 0 Å². The van der Waals surface area contributed by atoms with E-state index in [0.29, 0.717) is 6.42 Å². The molecule has 19 heavy (non-hydrogen) atoms. The lowest BCUT2D eigenvalue weighted by Gasteiger charge is -2.12. The van der Waals surface area contributed by atoms with E-state index >= 15 is 0 Å². The number of furan rings is 1. The standard InChI is InChI=1S/C12H16N2O5/c1-2-8(12(17)18)14-10(15)5-6-13-11(16)9-4-3-7-19-9/h3-4,7-8H,2,5-6H2,1H3,(H,13,16)(H,14,15)(H,17,18)/t8-/m1/s1. The molecule has 0 radical (unpaired) electrons. The summed E-state index contributed by atoms with van der Waals surface area (Å²) in [5.74, 6) is -1.75. The Hall–Kier alpha value is -2.31. The van der Waals surface area contributed by atoms with Crippen molar-refractivity contribution in [2.24, 2.45) is 0 Å². The topological polar surface area (TPSA) is 109 Å². The van der Waals surface area contributed by atoms with Gasteiger partial charge < -0.3 is 20.2 Å². The van der Waals surface area contributed by atoms with Crippen molar-refractivity contribution in [3.8, 4) is 0 Å². The Morgan fingerprint density at radius 1 is 1.42 bits per heavy atom. The van der Waals surface area contributed by atoms with E-state index in [4.69, 9.17) is 9.52 Å². The predicted octanol–water partition coefficient (Wildman–Crippen LogP) is 0.379. The quantitative estimate of drug-likeness (QED) is 0.662. The van der Waals surface area contributed by atoms with Gasteiger partial charge in [0.05, 0.1) is 6.26 Å². The normalized spacial score (nSPS) is 11.6. The molecule has 0 bridgehead atoms. The van der Waals surface area contributed by atoms with E-state index in [1.54, 1.807) is 13.0 Å². The predicted molar refractivity (Wildman–Crippen MR) is 65.5 cm³/mol. The Kier molecular flexibility index (Phi) is 5.59. The second-order valence-electron chi connectivity index (χ2n) is 3.85. The summed E-state index contributed by atoms with van der Waals surface area (Å²) in [6.45, 7) is 1.78. The maximum absolute atomic E-state index is 11.4. The van der Waals surface area contributed by atoms with Crippen LogP contribution in [0.2, 0.25) is 0 Å². The molecule has 1 aromatic rings. The van der Waals surface area contributed by atoms with Gasteiger partial charge in [-0.3, -0.25) is 9.59 Å². The molecule has 1 rings (SSSR count). The second kappa shape index (κ2) is 7.20. The summed E-state index contributed by atoms with van der Waals surface area (Å²) >= 11 is 0. The molecule has 0 aromatic carbocycles. The van der Waals surface area contributed by atoms with Crippen molar-refractivity contribution >= 4 is 17.8 Å². The Morgan fingerprint density at radius 3 is 2.68 bits per heavy atom. The number of carboxylic acid groups (broad SMARTS) is 1. The summed E-state index contributed by atoms with van der Waals surface area (Å²) < 4.78 is 4.88. The summed E-state index contributed by atoms with van der Waals surface area (Å²) in [5, 5.41) is 13.6.